The minimum absolute atomic E-state index is 0.0874. The van der Waals surface area contributed by atoms with Crippen molar-refractivity contribution >= 4 is 0 Å². The van der Waals surface area contributed by atoms with Crippen LogP contribution >= 0.6 is 0 Å². The van der Waals surface area contributed by atoms with Gasteiger partial charge in [-0.05, 0) is 6.92 Å². The minimum Gasteiger partial charge on any atom is -0.394 e. The molecule has 0 aliphatic carbocycles. The number of rotatable bonds is 4. The average Bonchev–Trinajstić information content (AvgIpc) is 2.72. The number of aliphatic hydroxyl groups is 4. The number of aliphatic hydroxyl groups excluding tert-OH is 2. The monoisotopic (exact) mass is 337 g/mol. The van der Waals surface area contributed by atoms with E-state index in [0.717, 1.165) is 6.20 Å². The summed E-state index contributed by atoms with van der Waals surface area (Å²) in [5, 5.41) is 49.2. The molecule has 23 heavy (non-hydrogen) atoms. The van der Waals surface area contributed by atoms with E-state index in [-0.39, 0.29) is 10.1 Å². The highest BCUT2D eigenvalue weighted by molar-refractivity contribution is 5.08. The van der Waals surface area contributed by atoms with Gasteiger partial charge in [-0.3, -0.25) is 9.78 Å². The molecule has 0 bridgehead atoms. The number of alkyl halides is 1. The van der Waals surface area contributed by atoms with Gasteiger partial charge in [0.1, 0.15) is 12.2 Å². The zero-order valence-electron chi connectivity index (χ0n) is 11.9. The summed E-state index contributed by atoms with van der Waals surface area (Å²) in [6, 6.07) is 0. The van der Waals surface area contributed by atoms with Gasteiger partial charge < -0.3 is 30.4 Å². The normalized spacial score (nSPS) is 34.3. The van der Waals surface area contributed by atoms with Crippen LogP contribution in [0.25, 0.3) is 0 Å². The van der Waals surface area contributed by atoms with Crippen LogP contribution in [0.3, 0.4) is 0 Å². The van der Waals surface area contributed by atoms with Gasteiger partial charge in [0, 0.05) is 11.8 Å². The zero-order valence-corrected chi connectivity index (χ0v) is 11.9. The van der Waals surface area contributed by atoms with Gasteiger partial charge in [0.2, 0.25) is 5.72 Å². The second kappa shape index (κ2) is 5.76. The molecule has 6 N–H and O–H groups in total. The van der Waals surface area contributed by atoms with Crippen LogP contribution in [0.2, 0.25) is 0 Å². The van der Waals surface area contributed by atoms with Crippen LogP contribution in [0.4, 0.5) is 4.39 Å². The SMILES string of the molecule is Cc1cn([C@]2(O)O[C@H](CO)[C@@H](O)[C@]2(O)N(O)CF)c(=O)[nH]c1=O. The first-order chi connectivity index (χ1) is 10.6. The highest BCUT2D eigenvalue weighted by atomic mass is 19.1. The molecule has 0 unspecified atom stereocenters. The van der Waals surface area contributed by atoms with E-state index in [2.05, 4.69) is 0 Å². The first-order valence-corrected chi connectivity index (χ1v) is 6.40. The number of hydrogen-bond acceptors (Lipinski definition) is 9. The van der Waals surface area contributed by atoms with Gasteiger partial charge in [0.25, 0.3) is 5.56 Å². The van der Waals surface area contributed by atoms with E-state index in [0.29, 0.717) is 0 Å². The van der Waals surface area contributed by atoms with Gasteiger partial charge in [-0.25, -0.2) is 13.8 Å². The molecule has 4 atom stereocenters. The lowest BCUT2D eigenvalue weighted by Crippen LogP contribution is -2.68. The number of halogens is 1. The summed E-state index contributed by atoms with van der Waals surface area (Å²) in [5.41, 5.74) is -5.39. The van der Waals surface area contributed by atoms with E-state index in [4.69, 9.17) is 9.84 Å². The number of hydrogen-bond donors (Lipinski definition) is 6. The number of H-pyrrole nitrogens is 1. The third-order valence-electron chi connectivity index (χ3n) is 3.69. The molecule has 1 saturated heterocycles. The molecule has 0 radical (unpaired) electrons. The molecule has 1 aliphatic heterocycles. The number of aromatic amines is 1. The smallest absolute Gasteiger partial charge is 0.332 e. The van der Waals surface area contributed by atoms with Crippen molar-refractivity contribution in [1.29, 1.82) is 0 Å². The van der Waals surface area contributed by atoms with Crippen molar-refractivity contribution in [3.63, 3.8) is 0 Å². The molecule has 0 spiro atoms. The van der Waals surface area contributed by atoms with Crippen molar-refractivity contribution in [2.75, 3.05) is 13.4 Å². The summed E-state index contributed by atoms with van der Waals surface area (Å²) >= 11 is 0. The lowest BCUT2D eigenvalue weighted by molar-refractivity contribution is -0.416. The first-order valence-electron chi connectivity index (χ1n) is 6.40. The fourth-order valence-corrected chi connectivity index (χ4v) is 2.39. The van der Waals surface area contributed by atoms with Crippen molar-refractivity contribution in [2.24, 2.45) is 0 Å². The fraction of sp³-hybridized carbons (Fsp3) is 0.636. The van der Waals surface area contributed by atoms with Crippen molar-refractivity contribution in [2.45, 2.75) is 30.8 Å². The van der Waals surface area contributed by atoms with Crippen LogP contribution in [0.5, 0.6) is 0 Å². The second-order valence-corrected chi connectivity index (χ2v) is 5.08. The molecule has 0 saturated carbocycles. The van der Waals surface area contributed by atoms with Gasteiger partial charge in [-0.2, -0.15) is 0 Å². The Hall–Kier alpha value is -1.67. The molecule has 11 nitrogen and oxygen atoms in total. The number of aryl methyl sites for hydroxylation is 1. The standard InChI is InChI=1S/C11H16FN3O8/c1-5-2-14(9(19)13-8(5)18)11(21)10(20,15(22)4-12)7(17)6(3-16)23-11/h2,6-7,16-17,20-22H,3-4H2,1H3,(H,13,18,19)/t6-,7-,10-,11-/m1/s1. The predicted octanol–water partition coefficient (Wildman–Crippen LogP) is -3.49. The lowest BCUT2D eigenvalue weighted by Gasteiger charge is -2.40. The molecule has 2 heterocycles. The van der Waals surface area contributed by atoms with E-state index in [1.54, 1.807) is 0 Å². The average molecular weight is 337 g/mol. The molecule has 0 aromatic carbocycles. The maximum absolute atomic E-state index is 12.8. The van der Waals surface area contributed by atoms with Crippen molar-refractivity contribution in [3.8, 4) is 0 Å². The lowest BCUT2D eigenvalue weighted by atomic mass is 10.0. The zero-order chi connectivity index (χ0) is 17.6. The summed E-state index contributed by atoms with van der Waals surface area (Å²) in [6.07, 6.45) is -3.08. The molecular formula is C11H16FN3O8. The Morgan fingerprint density at radius 3 is 2.61 bits per heavy atom. The van der Waals surface area contributed by atoms with Gasteiger partial charge in [-0.15, -0.1) is 5.06 Å². The third kappa shape index (κ3) is 2.31. The molecule has 0 amide bonds. The molecule has 2 rings (SSSR count). The maximum Gasteiger partial charge on any atom is 0.332 e. The Balaban J connectivity index is 2.73. The topological polar surface area (TPSA) is 168 Å². The van der Waals surface area contributed by atoms with E-state index in [1.807, 2.05) is 4.98 Å². The Morgan fingerprint density at radius 2 is 2.09 bits per heavy atom. The Morgan fingerprint density at radius 1 is 1.48 bits per heavy atom. The van der Waals surface area contributed by atoms with Gasteiger partial charge in [0.05, 0.1) is 6.61 Å². The van der Waals surface area contributed by atoms with Crippen molar-refractivity contribution in [3.05, 3.63) is 32.6 Å². The molecule has 12 heteroatoms. The summed E-state index contributed by atoms with van der Waals surface area (Å²) < 4.78 is 18.0. The molecule has 1 aromatic rings. The molecule has 1 fully saturated rings. The van der Waals surface area contributed by atoms with Crippen LogP contribution < -0.4 is 11.2 Å². The maximum atomic E-state index is 12.8. The van der Waals surface area contributed by atoms with Crippen LogP contribution in [-0.2, 0) is 10.6 Å². The number of ether oxygens (including phenoxy) is 1. The number of aromatic nitrogens is 2. The summed E-state index contributed by atoms with van der Waals surface area (Å²) in [4.78, 5) is 25.1. The molecular weight excluding hydrogens is 321 g/mol. The number of hydroxylamine groups is 2. The summed E-state index contributed by atoms with van der Waals surface area (Å²) in [7, 11) is 0. The summed E-state index contributed by atoms with van der Waals surface area (Å²) in [6.45, 7) is -1.42. The second-order valence-electron chi connectivity index (χ2n) is 5.08. The van der Waals surface area contributed by atoms with Crippen LogP contribution in [0, 0.1) is 6.92 Å². The van der Waals surface area contributed by atoms with Gasteiger partial charge in [-0.1, -0.05) is 0 Å². The Kier molecular flexibility index (Phi) is 4.42. The molecule has 1 aromatic heterocycles. The predicted molar refractivity (Wildman–Crippen MR) is 68.8 cm³/mol. The van der Waals surface area contributed by atoms with E-state index in [9.17, 15) is 34.5 Å². The number of nitrogens with zero attached hydrogens (tertiary/aromatic N) is 2. The number of nitrogens with one attached hydrogen (secondary N) is 1. The van der Waals surface area contributed by atoms with Crippen molar-refractivity contribution < 1.29 is 34.8 Å². The van der Waals surface area contributed by atoms with Gasteiger partial charge >= 0.3 is 11.6 Å². The van der Waals surface area contributed by atoms with Crippen LogP contribution in [0.1, 0.15) is 5.56 Å². The highest BCUT2D eigenvalue weighted by Crippen LogP contribution is 2.42. The van der Waals surface area contributed by atoms with E-state index in [1.165, 1.54) is 6.92 Å². The van der Waals surface area contributed by atoms with Crippen LogP contribution in [-0.4, -0.2) is 71.6 Å². The fourth-order valence-electron chi connectivity index (χ4n) is 2.39. The van der Waals surface area contributed by atoms with Gasteiger partial charge in [0.15, 0.2) is 6.80 Å². The quantitative estimate of drug-likeness (QED) is 0.185. The molecule has 1 aliphatic rings. The summed E-state index contributed by atoms with van der Waals surface area (Å²) in [5.74, 6) is -3.20. The Labute approximate surface area is 127 Å². The first kappa shape index (κ1) is 17.7. The van der Waals surface area contributed by atoms with E-state index < -0.39 is 53.6 Å². The minimum atomic E-state index is -3.25. The largest absolute Gasteiger partial charge is 0.394 e. The highest BCUT2D eigenvalue weighted by Gasteiger charge is 2.70. The van der Waals surface area contributed by atoms with Crippen LogP contribution in [0.15, 0.2) is 15.8 Å². The Bertz CT molecular complexity index is 707. The molecule has 130 valence electrons. The van der Waals surface area contributed by atoms with Crippen molar-refractivity contribution in [1.82, 2.24) is 14.6 Å². The third-order valence-corrected chi connectivity index (χ3v) is 3.69. The van der Waals surface area contributed by atoms with E-state index >= 15 is 0 Å².